The number of rotatable bonds is 9. The van der Waals surface area contributed by atoms with Gasteiger partial charge in [-0.25, -0.2) is 24.0 Å². The Morgan fingerprint density at radius 1 is 0.625 bits per heavy atom. The molecule has 0 spiro atoms. The molecule has 0 saturated heterocycles. The third-order valence-electron chi connectivity index (χ3n) is 6.53. The van der Waals surface area contributed by atoms with Gasteiger partial charge >= 0.3 is 47.6 Å². The van der Waals surface area contributed by atoms with E-state index in [-0.39, 0.29) is 50.6 Å². The molecule has 0 heterocycles. The van der Waals surface area contributed by atoms with Crippen LogP contribution in [0.4, 0.5) is 26.3 Å². The van der Waals surface area contributed by atoms with E-state index >= 15 is 0 Å². The van der Waals surface area contributed by atoms with Crippen molar-refractivity contribution < 1.29 is 89.7 Å². The number of esters is 2. The van der Waals surface area contributed by atoms with E-state index < -0.39 is 59.0 Å². The number of benzene rings is 3. The van der Waals surface area contributed by atoms with Gasteiger partial charge in [0.2, 0.25) is 5.75 Å². The van der Waals surface area contributed by atoms with Crippen molar-refractivity contribution in [1.82, 2.24) is 0 Å². The molecule has 0 amide bonds. The average Bonchev–Trinajstić information content (AvgIpc) is 3.31. The van der Waals surface area contributed by atoms with E-state index in [1.165, 1.54) is 38.5 Å². The number of carboxylic acids is 3. The van der Waals surface area contributed by atoms with Crippen LogP contribution in [0.2, 0.25) is 0 Å². The maximum Gasteiger partial charge on any atom is 0.411 e. The van der Waals surface area contributed by atoms with Gasteiger partial charge in [-0.1, -0.05) is 12.1 Å². The second-order valence-electron chi connectivity index (χ2n) is 9.39. The number of aromatic carboxylic acids is 2. The summed E-state index contributed by atoms with van der Waals surface area (Å²) >= 11 is 0. The molecule has 0 radical (unpaired) electrons. The molecule has 0 unspecified atom stereocenters. The quantitative estimate of drug-likeness (QED) is 0.109. The molecule has 0 aliphatic heterocycles. The minimum Gasteiger partial charge on any atom is -0.502 e. The van der Waals surface area contributed by atoms with Crippen LogP contribution >= 0.6 is 0 Å². The first-order valence-electron chi connectivity index (χ1n) is 12.5. The molecule has 1 aliphatic carbocycles. The third kappa shape index (κ3) is 6.29. The van der Waals surface area contributed by atoms with Crippen LogP contribution in [0, 0.1) is 0 Å². The standard InChI is InChI=1S/C20H8F6O8.C9H10O5/c21-18(22,16(31)32)20(25,26)19(23,24)17(33)34-15(30)8-2-4-10-9-3-1-7(14(28)29)5-11(9)13(27)12(10)6-8;1-13-6-3-5(9(11)12)4-7(14-2)8(6)10/h1-6H,(H,28,29)(H,31,32);3-4,10H,1-2H3,(H,11,12). The Morgan fingerprint density at radius 3 is 1.48 bits per heavy atom. The normalized spacial score (nSPS) is 12.1. The number of methoxy groups -OCH3 is 2. The van der Waals surface area contributed by atoms with Gasteiger partial charge in [0.25, 0.3) is 0 Å². The summed E-state index contributed by atoms with van der Waals surface area (Å²) in [7, 11) is 2.67. The lowest BCUT2D eigenvalue weighted by Gasteiger charge is -2.28. The van der Waals surface area contributed by atoms with Gasteiger partial charge in [-0.2, -0.15) is 26.3 Å². The highest BCUT2D eigenvalue weighted by Crippen LogP contribution is 2.47. The first-order chi connectivity index (χ1) is 22.1. The molecule has 0 bridgehead atoms. The maximum absolute atomic E-state index is 13.7. The smallest absolute Gasteiger partial charge is 0.411 e. The third-order valence-corrected chi connectivity index (χ3v) is 6.53. The van der Waals surface area contributed by atoms with Crippen molar-refractivity contribution in [2.45, 2.75) is 17.8 Å². The molecule has 1 aliphatic rings. The number of alkyl halides is 6. The van der Waals surface area contributed by atoms with Crippen LogP contribution in [0.5, 0.6) is 17.2 Å². The molecular formula is C29H18F6O13. The fourth-order valence-corrected chi connectivity index (χ4v) is 4.02. The molecule has 19 heteroatoms. The van der Waals surface area contributed by atoms with Crippen molar-refractivity contribution in [3.8, 4) is 28.4 Å². The predicted octanol–water partition coefficient (Wildman–Crippen LogP) is 4.38. The van der Waals surface area contributed by atoms with Crippen LogP contribution in [0.3, 0.4) is 0 Å². The predicted molar refractivity (Wildman–Crippen MR) is 143 cm³/mol. The number of fused-ring (bicyclic) bond motifs is 3. The fraction of sp³-hybridized carbons (Fsp3) is 0.172. The second-order valence-corrected chi connectivity index (χ2v) is 9.39. The number of carboxylic acid groups (broad SMARTS) is 3. The van der Waals surface area contributed by atoms with E-state index in [4.69, 9.17) is 24.8 Å². The van der Waals surface area contributed by atoms with Gasteiger partial charge < -0.3 is 34.6 Å². The van der Waals surface area contributed by atoms with E-state index in [0.717, 1.165) is 24.3 Å². The lowest BCUT2D eigenvalue weighted by atomic mass is 10.0. The summed E-state index contributed by atoms with van der Waals surface area (Å²) in [5, 5.41) is 35.3. The Bertz CT molecular complexity index is 1840. The molecule has 0 atom stereocenters. The number of phenols is 1. The maximum atomic E-state index is 13.7. The van der Waals surface area contributed by atoms with Crippen molar-refractivity contribution in [3.63, 3.8) is 0 Å². The van der Waals surface area contributed by atoms with Gasteiger partial charge in [0.05, 0.1) is 30.9 Å². The number of carbonyl (C=O) groups is 6. The Kier molecular flexibility index (Phi) is 9.79. The van der Waals surface area contributed by atoms with Crippen molar-refractivity contribution in [2.24, 2.45) is 0 Å². The zero-order chi connectivity index (χ0) is 36.5. The molecule has 3 aromatic carbocycles. The number of hydrogen-bond donors (Lipinski definition) is 4. The van der Waals surface area contributed by atoms with Crippen molar-refractivity contribution >= 4 is 35.6 Å². The number of phenolic OH excluding ortho intramolecular Hbond substituents is 1. The van der Waals surface area contributed by atoms with Gasteiger partial charge in [0.15, 0.2) is 17.3 Å². The molecule has 0 fully saturated rings. The molecule has 13 nitrogen and oxygen atoms in total. The van der Waals surface area contributed by atoms with Gasteiger partial charge in [-0.3, -0.25) is 4.79 Å². The summed E-state index contributed by atoms with van der Waals surface area (Å²) in [5.41, 5.74) is -0.952. The van der Waals surface area contributed by atoms with E-state index in [1.807, 2.05) is 0 Å². The number of aromatic hydroxyl groups is 1. The Balaban J connectivity index is 0.000000373. The van der Waals surface area contributed by atoms with Crippen molar-refractivity contribution in [1.29, 1.82) is 0 Å². The summed E-state index contributed by atoms with van der Waals surface area (Å²) in [5.74, 6) is -32.0. The van der Waals surface area contributed by atoms with Gasteiger partial charge in [-0.05, 0) is 47.5 Å². The first-order valence-corrected chi connectivity index (χ1v) is 12.5. The van der Waals surface area contributed by atoms with E-state index in [1.54, 1.807) is 0 Å². The molecule has 4 N–H and O–H groups in total. The fourth-order valence-electron chi connectivity index (χ4n) is 4.02. The summed E-state index contributed by atoms with van der Waals surface area (Å²) in [6, 6.07) is 8.61. The summed E-state index contributed by atoms with van der Waals surface area (Å²) in [6.45, 7) is 0. The van der Waals surface area contributed by atoms with Gasteiger partial charge in [-0.15, -0.1) is 0 Å². The molecule has 4 rings (SSSR count). The van der Waals surface area contributed by atoms with Crippen molar-refractivity contribution in [3.05, 3.63) is 76.3 Å². The molecule has 0 aromatic heterocycles. The largest absolute Gasteiger partial charge is 0.502 e. The highest BCUT2D eigenvalue weighted by atomic mass is 19.3. The summed E-state index contributed by atoms with van der Waals surface area (Å²) in [4.78, 5) is 68.0. The number of aliphatic carboxylic acids is 1. The molecule has 48 heavy (non-hydrogen) atoms. The molecular weight excluding hydrogens is 670 g/mol. The lowest BCUT2D eigenvalue weighted by molar-refractivity contribution is -0.297. The monoisotopic (exact) mass is 688 g/mol. The second kappa shape index (κ2) is 12.9. The summed E-state index contributed by atoms with van der Waals surface area (Å²) in [6.07, 6.45) is 0. The van der Waals surface area contributed by atoms with Crippen LogP contribution in [-0.4, -0.2) is 88.0 Å². The Hall–Kier alpha value is -6.14. The zero-order valence-corrected chi connectivity index (χ0v) is 23.8. The van der Waals surface area contributed by atoms with Gasteiger partial charge in [0, 0.05) is 11.1 Å². The summed E-state index contributed by atoms with van der Waals surface area (Å²) < 4.78 is 93.4. The molecule has 3 aromatic rings. The first kappa shape index (κ1) is 36.3. The SMILES string of the molecule is COc1cc(C(=O)O)cc(OC)c1O.O=C(O)c1ccc2c(c1)C(=O)c1cc(C(=O)OC(=O)C(F)(F)C(F)(F)C(F)(F)C(=O)O)ccc1-2. The molecule has 0 saturated carbocycles. The Morgan fingerprint density at radius 2 is 1.06 bits per heavy atom. The highest BCUT2D eigenvalue weighted by molar-refractivity contribution is 6.23. The minimum absolute atomic E-state index is 0.00324. The topological polar surface area (TPSA) is 211 Å². The van der Waals surface area contributed by atoms with Crippen LogP contribution in [0.1, 0.15) is 47.0 Å². The highest BCUT2D eigenvalue weighted by Gasteiger charge is 2.79. The van der Waals surface area contributed by atoms with Crippen molar-refractivity contribution in [2.75, 3.05) is 14.2 Å². The number of ether oxygens (including phenoxy) is 3. The zero-order valence-electron chi connectivity index (χ0n) is 23.8. The number of carbonyl (C=O) groups excluding carboxylic acids is 3. The molecule has 254 valence electrons. The Labute approximate surface area is 262 Å². The minimum atomic E-state index is -6.76. The van der Waals surface area contributed by atoms with Gasteiger partial charge in [0.1, 0.15) is 0 Å². The number of ketones is 1. The van der Waals surface area contributed by atoms with E-state index in [2.05, 4.69) is 4.74 Å². The number of halogens is 6. The van der Waals surface area contributed by atoms with E-state index in [0.29, 0.717) is 0 Å². The number of hydrogen-bond acceptors (Lipinski definition) is 10. The van der Waals surface area contributed by atoms with Crippen LogP contribution in [0.25, 0.3) is 11.1 Å². The lowest BCUT2D eigenvalue weighted by Crippen LogP contribution is -2.61. The average molecular weight is 688 g/mol. The van der Waals surface area contributed by atoms with Crippen LogP contribution in [-0.2, 0) is 14.3 Å². The van der Waals surface area contributed by atoms with Crippen LogP contribution in [0.15, 0.2) is 48.5 Å². The van der Waals surface area contributed by atoms with E-state index in [9.17, 15) is 60.2 Å². The van der Waals surface area contributed by atoms with Crippen LogP contribution < -0.4 is 9.47 Å².